The van der Waals surface area contributed by atoms with Crippen LogP contribution in [0.25, 0.3) is 0 Å². The van der Waals surface area contributed by atoms with Gasteiger partial charge in [-0.15, -0.1) is 0 Å². The first-order chi connectivity index (χ1) is 12.3. The number of nitrogens with zero attached hydrogens (tertiary/aromatic N) is 3. The van der Waals surface area contributed by atoms with Crippen molar-refractivity contribution in [3.05, 3.63) is 24.0 Å². The van der Waals surface area contributed by atoms with Crippen LogP contribution >= 0.6 is 0 Å². The summed E-state index contributed by atoms with van der Waals surface area (Å²) < 4.78 is 31.7. The fourth-order valence-corrected chi connectivity index (χ4v) is 2.29. The van der Waals surface area contributed by atoms with Crippen molar-refractivity contribution < 1.29 is 37.8 Å². The average molecular weight is 391 g/mol. The Morgan fingerprint density at radius 2 is 1.81 bits per heavy atom. The van der Waals surface area contributed by atoms with Gasteiger partial charge in [-0.05, 0) is 25.5 Å². The largest absolute Gasteiger partial charge is 0.490 e. The van der Waals surface area contributed by atoms with E-state index in [1.165, 1.54) is 0 Å². The highest BCUT2D eigenvalue weighted by molar-refractivity contribution is 5.94. The number of halogens is 3. The fourth-order valence-electron chi connectivity index (χ4n) is 2.29. The molecule has 1 aromatic heterocycles. The molecule has 0 aliphatic carbocycles. The molecule has 27 heavy (non-hydrogen) atoms. The maximum Gasteiger partial charge on any atom is 0.490 e. The standard InChI is InChI=1S/C14H19N3O3.C2HF3O2/c1-14(13(19)20)5-7-17(9-14)12(18)11-8-10(16(2)3)4-6-15-11;3-2(4,5)1(6)7/h4,6,8H,5,7,9H2,1-3H3,(H,19,20);(H,6,7). The van der Waals surface area contributed by atoms with Crippen molar-refractivity contribution >= 4 is 23.5 Å². The predicted octanol–water partition coefficient (Wildman–Crippen LogP) is 1.72. The van der Waals surface area contributed by atoms with Crippen molar-refractivity contribution in [3.8, 4) is 0 Å². The summed E-state index contributed by atoms with van der Waals surface area (Å²) in [6.07, 6.45) is -3.02. The molecule has 8 nitrogen and oxygen atoms in total. The first kappa shape index (κ1) is 22.2. The number of carbonyl (C=O) groups excluding carboxylic acids is 1. The third-order valence-corrected chi connectivity index (χ3v) is 4.00. The SMILES string of the molecule is CN(C)c1ccnc(C(=O)N2CCC(C)(C(=O)O)C2)c1.O=C(O)C(F)(F)F. The number of carbonyl (C=O) groups is 3. The molecule has 1 amide bonds. The monoisotopic (exact) mass is 391 g/mol. The quantitative estimate of drug-likeness (QED) is 0.807. The number of hydrogen-bond acceptors (Lipinski definition) is 5. The van der Waals surface area contributed by atoms with Crippen LogP contribution < -0.4 is 4.90 Å². The van der Waals surface area contributed by atoms with Gasteiger partial charge >= 0.3 is 18.1 Å². The molecule has 1 aliphatic heterocycles. The second kappa shape index (κ2) is 8.23. The molecule has 0 aromatic carbocycles. The summed E-state index contributed by atoms with van der Waals surface area (Å²) in [6, 6.07) is 3.54. The first-order valence-electron chi connectivity index (χ1n) is 7.74. The zero-order chi connectivity index (χ0) is 21.0. The van der Waals surface area contributed by atoms with Crippen LogP contribution in [0.5, 0.6) is 0 Å². The van der Waals surface area contributed by atoms with Crippen molar-refractivity contribution in [2.45, 2.75) is 19.5 Å². The normalized spacial score (nSPS) is 19.1. The summed E-state index contributed by atoms with van der Waals surface area (Å²) in [7, 11) is 3.78. The molecule has 0 bridgehead atoms. The minimum absolute atomic E-state index is 0.210. The molecular formula is C16H20F3N3O5. The molecule has 1 fully saturated rings. The lowest BCUT2D eigenvalue weighted by atomic mass is 9.90. The van der Waals surface area contributed by atoms with Gasteiger partial charge in [0.1, 0.15) is 5.69 Å². The van der Waals surface area contributed by atoms with Crippen molar-refractivity contribution in [3.63, 3.8) is 0 Å². The highest BCUT2D eigenvalue weighted by Crippen LogP contribution is 2.31. The highest BCUT2D eigenvalue weighted by Gasteiger charge is 2.42. The third kappa shape index (κ3) is 5.83. The lowest BCUT2D eigenvalue weighted by Crippen LogP contribution is -2.35. The van der Waals surface area contributed by atoms with Gasteiger partial charge in [-0.2, -0.15) is 13.2 Å². The summed E-state index contributed by atoms with van der Waals surface area (Å²) in [4.78, 5) is 40.0. The molecule has 1 aliphatic rings. The van der Waals surface area contributed by atoms with E-state index in [1.807, 2.05) is 25.1 Å². The van der Waals surface area contributed by atoms with Crippen molar-refractivity contribution in [1.82, 2.24) is 9.88 Å². The Hall–Kier alpha value is -2.85. The summed E-state index contributed by atoms with van der Waals surface area (Å²) >= 11 is 0. The van der Waals surface area contributed by atoms with E-state index < -0.39 is 23.5 Å². The average Bonchev–Trinajstić information content (AvgIpc) is 2.98. The van der Waals surface area contributed by atoms with E-state index in [0.717, 1.165) is 5.69 Å². The Balaban J connectivity index is 0.000000445. The van der Waals surface area contributed by atoms with Crippen LogP contribution in [0, 0.1) is 5.41 Å². The number of carboxylic acids is 2. The van der Waals surface area contributed by atoms with Crippen LogP contribution in [0.1, 0.15) is 23.8 Å². The Labute approximate surface area is 153 Å². The van der Waals surface area contributed by atoms with Crippen LogP contribution in [-0.4, -0.2) is 71.3 Å². The number of amides is 1. The Morgan fingerprint density at radius 3 is 2.22 bits per heavy atom. The fraction of sp³-hybridized carbons (Fsp3) is 0.500. The van der Waals surface area contributed by atoms with E-state index in [0.29, 0.717) is 18.7 Å². The molecule has 2 heterocycles. The number of pyridine rings is 1. The number of rotatable bonds is 3. The zero-order valence-electron chi connectivity index (χ0n) is 14.9. The molecule has 1 unspecified atom stereocenters. The predicted molar refractivity (Wildman–Crippen MR) is 88.5 cm³/mol. The van der Waals surface area contributed by atoms with Crippen LogP contribution in [0.15, 0.2) is 18.3 Å². The second-order valence-electron chi connectivity index (χ2n) is 6.44. The van der Waals surface area contributed by atoms with Crippen LogP contribution in [0.4, 0.5) is 18.9 Å². The number of hydrogen-bond donors (Lipinski definition) is 2. The number of alkyl halides is 3. The van der Waals surface area contributed by atoms with Gasteiger partial charge in [-0.3, -0.25) is 14.6 Å². The second-order valence-corrected chi connectivity index (χ2v) is 6.44. The molecule has 1 saturated heterocycles. The van der Waals surface area contributed by atoms with E-state index in [4.69, 9.17) is 9.90 Å². The summed E-state index contributed by atoms with van der Waals surface area (Å²) in [5.74, 6) is -3.83. The Bertz CT molecular complexity index is 723. The molecular weight excluding hydrogens is 371 g/mol. The number of anilines is 1. The maximum absolute atomic E-state index is 12.4. The van der Waals surface area contributed by atoms with Crippen LogP contribution in [0.2, 0.25) is 0 Å². The number of carboxylic acid groups (broad SMARTS) is 2. The molecule has 150 valence electrons. The Kier molecular flexibility index (Phi) is 6.76. The van der Waals surface area contributed by atoms with Gasteiger partial charge in [0, 0.05) is 39.1 Å². The third-order valence-electron chi connectivity index (χ3n) is 4.00. The van der Waals surface area contributed by atoms with Crippen LogP contribution in [0.3, 0.4) is 0 Å². The molecule has 0 saturated carbocycles. The molecule has 0 spiro atoms. The molecule has 1 aromatic rings. The van der Waals surface area contributed by atoms with E-state index in [-0.39, 0.29) is 12.5 Å². The van der Waals surface area contributed by atoms with Gasteiger partial charge in [0.15, 0.2) is 0 Å². The number of aromatic nitrogens is 1. The minimum atomic E-state index is -5.08. The van der Waals surface area contributed by atoms with Gasteiger partial charge in [-0.1, -0.05) is 0 Å². The first-order valence-corrected chi connectivity index (χ1v) is 7.74. The smallest absolute Gasteiger partial charge is 0.481 e. The van der Waals surface area contributed by atoms with E-state index in [9.17, 15) is 27.9 Å². The molecule has 1 atom stereocenters. The highest BCUT2D eigenvalue weighted by atomic mass is 19.4. The van der Waals surface area contributed by atoms with Crippen LogP contribution in [-0.2, 0) is 9.59 Å². The molecule has 0 radical (unpaired) electrons. The van der Waals surface area contributed by atoms with Crippen molar-refractivity contribution in [1.29, 1.82) is 0 Å². The summed E-state index contributed by atoms with van der Waals surface area (Å²) in [5, 5.41) is 16.3. The molecule has 2 rings (SSSR count). The van der Waals surface area contributed by atoms with Gasteiger partial charge in [0.25, 0.3) is 5.91 Å². The van der Waals surface area contributed by atoms with Gasteiger partial charge in [0.2, 0.25) is 0 Å². The van der Waals surface area contributed by atoms with E-state index in [1.54, 1.807) is 24.1 Å². The van der Waals surface area contributed by atoms with E-state index in [2.05, 4.69) is 4.98 Å². The van der Waals surface area contributed by atoms with Gasteiger partial charge < -0.3 is 20.0 Å². The van der Waals surface area contributed by atoms with E-state index >= 15 is 0 Å². The lowest BCUT2D eigenvalue weighted by Gasteiger charge is -2.20. The van der Waals surface area contributed by atoms with Gasteiger partial charge in [0.05, 0.1) is 5.41 Å². The van der Waals surface area contributed by atoms with Gasteiger partial charge in [-0.25, -0.2) is 4.79 Å². The maximum atomic E-state index is 12.4. The number of likely N-dealkylation sites (tertiary alicyclic amines) is 1. The summed E-state index contributed by atoms with van der Waals surface area (Å²) in [5.41, 5.74) is 0.392. The topological polar surface area (TPSA) is 111 Å². The molecule has 2 N–H and O–H groups in total. The summed E-state index contributed by atoms with van der Waals surface area (Å²) in [6.45, 7) is 2.36. The minimum Gasteiger partial charge on any atom is -0.481 e. The number of aliphatic carboxylic acids is 2. The Morgan fingerprint density at radius 1 is 1.26 bits per heavy atom. The van der Waals surface area contributed by atoms with Crippen molar-refractivity contribution in [2.75, 3.05) is 32.1 Å². The zero-order valence-corrected chi connectivity index (χ0v) is 14.9. The van der Waals surface area contributed by atoms with Crippen molar-refractivity contribution in [2.24, 2.45) is 5.41 Å². The lowest BCUT2D eigenvalue weighted by molar-refractivity contribution is -0.192. The molecule has 11 heteroatoms.